The average Bonchev–Trinajstić information content (AvgIpc) is 3.63. The molecule has 8 heteroatoms. The number of aliphatic imine (C=N–C) groups is 1. The van der Waals surface area contributed by atoms with Crippen LogP contribution in [-0.4, -0.2) is 27.5 Å². The molecule has 3 heterocycles. The Morgan fingerprint density at radius 1 is 0.947 bits per heavy atom. The largest absolute Gasteiger partial charge is 0.361 e. The van der Waals surface area contributed by atoms with E-state index < -0.39 is 0 Å². The summed E-state index contributed by atoms with van der Waals surface area (Å²) in [6.07, 6.45) is 4.75. The number of carbonyl (C=O) groups excluding carboxylic acids is 1. The SMILES string of the molecule is O=C1/C(=C/c2ccc(Sc3ccc(Cl)cc3)s2)SC(=Nc2ccccc2)N1CCc1c[nH]c2ccccc12. The predicted molar refractivity (Wildman–Crippen MR) is 163 cm³/mol. The molecule has 4 nitrogen and oxygen atoms in total. The van der Waals surface area contributed by atoms with Crippen molar-refractivity contribution in [1.82, 2.24) is 9.88 Å². The van der Waals surface area contributed by atoms with Crippen LogP contribution in [-0.2, 0) is 11.2 Å². The number of hydrogen-bond acceptors (Lipinski definition) is 5. The minimum atomic E-state index is -0.00942. The first-order chi connectivity index (χ1) is 18.6. The number of rotatable bonds is 7. The highest BCUT2D eigenvalue weighted by Gasteiger charge is 2.33. The molecule has 1 fully saturated rings. The number of aromatic amines is 1. The van der Waals surface area contributed by atoms with E-state index in [-0.39, 0.29) is 5.91 Å². The third-order valence-corrected chi connectivity index (χ3v) is 9.49. The lowest BCUT2D eigenvalue weighted by atomic mass is 10.1. The molecule has 1 amide bonds. The molecule has 0 saturated carbocycles. The number of benzene rings is 3. The summed E-state index contributed by atoms with van der Waals surface area (Å²) in [5, 5.41) is 2.62. The molecule has 6 rings (SSSR count). The number of thiophene rings is 1. The van der Waals surface area contributed by atoms with E-state index in [1.165, 1.54) is 22.7 Å². The van der Waals surface area contributed by atoms with Crippen molar-refractivity contribution in [2.75, 3.05) is 6.54 Å². The number of H-pyrrole nitrogens is 1. The fraction of sp³-hybridized carbons (Fsp3) is 0.0667. The van der Waals surface area contributed by atoms with E-state index >= 15 is 0 Å². The number of amides is 1. The Labute approximate surface area is 238 Å². The van der Waals surface area contributed by atoms with Crippen molar-refractivity contribution >= 4 is 80.2 Å². The first-order valence-electron chi connectivity index (χ1n) is 12.1. The molecule has 2 aromatic heterocycles. The Morgan fingerprint density at radius 3 is 2.58 bits per heavy atom. The van der Waals surface area contributed by atoms with Crippen molar-refractivity contribution in [3.8, 4) is 0 Å². The van der Waals surface area contributed by atoms with Gasteiger partial charge in [0.15, 0.2) is 5.17 Å². The summed E-state index contributed by atoms with van der Waals surface area (Å²) in [4.78, 5) is 26.4. The lowest BCUT2D eigenvalue weighted by Gasteiger charge is -2.15. The molecule has 3 aromatic carbocycles. The van der Waals surface area contributed by atoms with Gasteiger partial charge >= 0.3 is 0 Å². The summed E-state index contributed by atoms with van der Waals surface area (Å²) in [6, 6.07) is 30.0. The maximum Gasteiger partial charge on any atom is 0.266 e. The summed E-state index contributed by atoms with van der Waals surface area (Å²) < 4.78 is 1.16. The summed E-state index contributed by atoms with van der Waals surface area (Å²) in [5.74, 6) is -0.00942. The monoisotopic (exact) mass is 571 g/mol. The first-order valence-corrected chi connectivity index (χ1v) is 14.9. The zero-order valence-corrected chi connectivity index (χ0v) is 23.3. The third-order valence-electron chi connectivity index (χ3n) is 6.06. The number of halogens is 1. The topological polar surface area (TPSA) is 48.5 Å². The van der Waals surface area contributed by atoms with Gasteiger partial charge in [-0.1, -0.05) is 59.8 Å². The van der Waals surface area contributed by atoms with Gasteiger partial charge in [-0.05, 0) is 84.4 Å². The van der Waals surface area contributed by atoms with E-state index in [0.717, 1.165) is 36.6 Å². The van der Waals surface area contributed by atoms with Crippen molar-refractivity contribution in [3.05, 3.63) is 118 Å². The lowest BCUT2D eigenvalue weighted by molar-refractivity contribution is -0.122. The van der Waals surface area contributed by atoms with Gasteiger partial charge in [-0.25, -0.2) is 4.99 Å². The highest BCUT2D eigenvalue weighted by atomic mass is 35.5. The molecule has 1 saturated heterocycles. The molecule has 0 aliphatic carbocycles. The van der Waals surface area contributed by atoms with Crippen LogP contribution in [0.4, 0.5) is 5.69 Å². The van der Waals surface area contributed by atoms with Crippen LogP contribution in [0, 0.1) is 0 Å². The van der Waals surface area contributed by atoms with E-state index in [2.05, 4.69) is 29.2 Å². The fourth-order valence-electron chi connectivity index (χ4n) is 4.19. The van der Waals surface area contributed by atoms with Gasteiger partial charge in [-0.2, -0.15) is 0 Å². The molecular weight excluding hydrogens is 550 g/mol. The molecule has 0 bridgehead atoms. The third kappa shape index (κ3) is 5.61. The maximum absolute atomic E-state index is 13.6. The van der Waals surface area contributed by atoms with Gasteiger partial charge in [0.05, 0.1) is 14.8 Å². The van der Waals surface area contributed by atoms with Crippen LogP contribution in [0.5, 0.6) is 0 Å². The highest BCUT2D eigenvalue weighted by Crippen LogP contribution is 2.38. The molecule has 1 aliphatic rings. The van der Waals surface area contributed by atoms with Crippen molar-refractivity contribution in [2.45, 2.75) is 15.5 Å². The normalized spacial score (nSPS) is 15.8. The van der Waals surface area contributed by atoms with Gasteiger partial charge in [0.1, 0.15) is 0 Å². The second-order valence-electron chi connectivity index (χ2n) is 8.62. The van der Waals surface area contributed by atoms with Gasteiger partial charge in [0, 0.05) is 38.4 Å². The van der Waals surface area contributed by atoms with Crippen LogP contribution in [0.15, 0.2) is 116 Å². The number of thioether (sulfide) groups is 1. The molecule has 5 aromatic rings. The molecule has 0 unspecified atom stereocenters. The Hall–Kier alpha value is -3.23. The second-order valence-corrected chi connectivity index (χ2v) is 12.6. The Morgan fingerprint density at radius 2 is 1.74 bits per heavy atom. The number of carbonyl (C=O) groups is 1. The molecule has 1 N–H and O–H groups in total. The molecule has 188 valence electrons. The number of nitrogens with one attached hydrogen (secondary N) is 1. The second kappa shape index (κ2) is 11.3. The smallest absolute Gasteiger partial charge is 0.266 e. The van der Waals surface area contributed by atoms with Crippen LogP contribution in [0.2, 0.25) is 5.02 Å². The number of fused-ring (bicyclic) bond motifs is 1. The number of amidine groups is 1. The number of nitrogens with zero attached hydrogens (tertiary/aromatic N) is 2. The minimum Gasteiger partial charge on any atom is -0.361 e. The van der Waals surface area contributed by atoms with Gasteiger partial charge in [-0.15, -0.1) is 11.3 Å². The van der Waals surface area contributed by atoms with Crippen molar-refractivity contribution in [1.29, 1.82) is 0 Å². The number of para-hydroxylation sites is 2. The molecule has 0 atom stereocenters. The Balaban J connectivity index is 1.24. The average molecular weight is 572 g/mol. The van der Waals surface area contributed by atoms with Gasteiger partial charge in [-0.3, -0.25) is 9.69 Å². The summed E-state index contributed by atoms with van der Waals surface area (Å²) >= 11 is 10.8. The van der Waals surface area contributed by atoms with Crippen LogP contribution < -0.4 is 0 Å². The molecule has 0 radical (unpaired) electrons. The standard InChI is InChI=1S/C30H22ClN3OS3/c31-21-10-12-23(13-11-21)36-28-15-14-24(37-28)18-27-29(35)34(30(38-27)33-22-6-2-1-3-7-22)17-16-20-19-32-26-9-5-4-8-25(20)26/h1-15,18-19,32H,16-17H2/b27-18-,33-30?. The fourth-order valence-corrected chi connectivity index (χ4v) is 7.47. The number of aromatic nitrogens is 1. The van der Waals surface area contributed by atoms with E-state index in [4.69, 9.17) is 16.6 Å². The summed E-state index contributed by atoms with van der Waals surface area (Å²) in [6.45, 7) is 0.554. The van der Waals surface area contributed by atoms with E-state index in [1.54, 1.807) is 23.1 Å². The predicted octanol–water partition coefficient (Wildman–Crippen LogP) is 8.88. The first kappa shape index (κ1) is 25.1. The number of hydrogen-bond donors (Lipinski definition) is 1. The van der Waals surface area contributed by atoms with Crippen LogP contribution in [0.3, 0.4) is 0 Å². The van der Waals surface area contributed by atoms with Crippen LogP contribution in [0.1, 0.15) is 10.4 Å². The highest BCUT2D eigenvalue weighted by molar-refractivity contribution is 8.18. The quantitative estimate of drug-likeness (QED) is 0.198. The molecule has 1 aliphatic heterocycles. The summed E-state index contributed by atoms with van der Waals surface area (Å²) in [5.41, 5.74) is 3.13. The van der Waals surface area contributed by atoms with E-state index in [0.29, 0.717) is 16.6 Å². The Bertz CT molecular complexity index is 1660. The molecule has 38 heavy (non-hydrogen) atoms. The van der Waals surface area contributed by atoms with Gasteiger partial charge in [0.2, 0.25) is 0 Å². The lowest BCUT2D eigenvalue weighted by Crippen LogP contribution is -2.31. The Kier molecular flexibility index (Phi) is 7.42. The minimum absolute atomic E-state index is 0.00942. The summed E-state index contributed by atoms with van der Waals surface area (Å²) in [7, 11) is 0. The zero-order chi connectivity index (χ0) is 25.9. The molecule has 0 spiro atoms. The van der Waals surface area contributed by atoms with Crippen molar-refractivity contribution in [3.63, 3.8) is 0 Å². The zero-order valence-electron chi connectivity index (χ0n) is 20.1. The molecular formula is C30H22ClN3OS3. The van der Waals surface area contributed by atoms with E-state index in [1.807, 2.05) is 83.9 Å². The van der Waals surface area contributed by atoms with Crippen LogP contribution in [0.25, 0.3) is 17.0 Å². The van der Waals surface area contributed by atoms with E-state index in [9.17, 15) is 4.79 Å². The maximum atomic E-state index is 13.6. The van der Waals surface area contributed by atoms with Crippen molar-refractivity contribution in [2.24, 2.45) is 4.99 Å². The van der Waals surface area contributed by atoms with Crippen molar-refractivity contribution < 1.29 is 4.79 Å². The van der Waals surface area contributed by atoms with Gasteiger partial charge in [0.25, 0.3) is 5.91 Å². The van der Waals surface area contributed by atoms with Crippen LogP contribution >= 0.6 is 46.5 Å². The van der Waals surface area contributed by atoms with Gasteiger partial charge < -0.3 is 4.98 Å².